The van der Waals surface area contributed by atoms with E-state index in [9.17, 15) is 9.59 Å². The average Bonchev–Trinajstić information content (AvgIpc) is 2.83. The van der Waals surface area contributed by atoms with Crippen molar-refractivity contribution >= 4 is 35.3 Å². The summed E-state index contributed by atoms with van der Waals surface area (Å²) in [5.41, 5.74) is 5.62. The fourth-order valence-corrected chi connectivity index (χ4v) is 3.11. The highest BCUT2D eigenvalue weighted by atomic mass is 35.5. The summed E-state index contributed by atoms with van der Waals surface area (Å²) in [6.45, 7) is 3.39. The van der Waals surface area contributed by atoms with Gasteiger partial charge >= 0.3 is 0 Å². The second kappa shape index (κ2) is 5.93. The van der Waals surface area contributed by atoms with Crippen molar-refractivity contribution in [1.82, 2.24) is 10.2 Å². The molecule has 2 heterocycles. The van der Waals surface area contributed by atoms with E-state index in [4.69, 9.17) is 5.73 Å². The number of halogens is 1. The third-order valence-corrected chi connectivity index (χ3v) is 4.13. The summed E-state index contributed by atoms with van der Waals surface area (Å²) in [6.07, 6.45) is 0.968. The van der Waals surface area contributed by atoms with Crippen LogP contribution < -0.4 is 11.1 Å². The monoisotopic (exact) mass is 279 g/mol. The predicted molar refractivity (Wildman–Crippen MR) is 70.4 cm³/mol. The maximum Gasteiger partial charge on any atom is 0.279 e. The molecule has 0 aromatic heterocycles. The molecule has 0 aromatic rings. The molecular formula is C10H18ClN3O2S. The number of hydrogen-bond acceptors (Lipinski definition) is 4. The van der Waals surface area contributed by atoms with Crippen molar-refractivity contribution in [3.63, 3.8) is 0 Å². The normalized spacial score (nSPS) is 32.2. The standard InChI is InChI=1S/C10H17N3O2S.ClH/c1-6-2-7(3-11)4-13(6)9(14)8-5-16-10(15)12-8;/h6-8H,2-5,11H2,1H3,(H,12,15);1H/t6?,7?,8-;/m0./s1. The van der Waals surface area contributed by atoms with Crippen LogP contribution in [0.25, 0.3) is 0 Å². The van der Waals surface area contributed by atoms with Crippen LogP contribution in [0, 0.1) is 5.92 Å². The minimum Gasteiger partial charge on any atom is -0.338 e. The highest BCUT2D eigenvalue weighted by Crippen LogP contribution is 2.24. The second-order valence-electron chi connectivity index (χ2n) is 4.47. The molecule has 2 amide bonds. The van der Waals surface area contributed by atoms with Gasteiger partial charge in [0, 0.05) is 18.3 Å². The fraction of sp³-hybridized carbons (Fsp3) is 0.800. The third-order valence-electron chi connectivity index (χ3n) is 3.25. The summed E-state index contributed by atoms with van der Waals surface area (Å²) in [5, 5.41) is 2.59. The Morgan fingerprint density at radius 3 is 2.82 bits per heavy atom. The first kappa shape index (κ1) is 14.6. The molecule has 17 heavy (non-hydrogen) atoms. The number of rotatable bonds is 2. The van der Waals surface area contributed by atoms with Crippen molar-refractivity contribution < 1.29 is 9.59 Å². The van der Waals surface area contributed by atoms with Gasteiger partial charge in [0.05, 0.1) is 0 Å². The number of likely N-dealkylation sites (tertiary alicyclic amines) is 1. The number of carbonyl (C=O) groups excluding carboxylic acids is 2. The number of nitrogens with one attached hydrogen (secondary N) is 1. The van der Waals surface area contributed by atoms with Crippen LogP contribution in [-0.4, -0.2) is 47.0 Å². The minimum absolute atomic E-state index is 0. The fourth-order valence-electron chi connectivity index (χ4n) is 2.34. The van der Waals surface area contributed by atoms with Crippen LogP contribution in [0.3, 0.4) is 0 Å². The van der Waals surface area contributed by atoms with Crippen molar-refractivity contribution in [1.29, 1.82) is 0 Å². The Morgan fingerprint density at radius 2 is 2.35 bits per heavy atom. The predicted octanol–water partition coefficient (Wildman–Crippen LogP) is 0.429. The number of amides is 2. The molecule has 5 nitrogen and oxygen atoms in total. The molecule has 0 spiro atoms. The van der Waals surface area contributed by atoms with Gasteiger partial charge in [-0.25, -0.2) is 0 Å². The van der Waals surface area contributed by atoms with Gasteiger partial charge in [0.15, 0.2) is 0 Å². The van der Waals surface area contributed by atoms with Crippen molar-refractivity contribution in [3.8, 4) is 0 Å². The van der Waals surface area contributed by atoms with E-state index in [0.717, 1.165) is 13.0 Å². The molecule has 0 bridgehead atoms. The molecule has 0 aliphatic carbocycles. The van der Waals surface area contributed by atoms with Crippen LogP contribution >= 0.6 is 24.2 Å². The Balaban J connectivity index is 0.00000144. The van der Waals surface area contributed by atoms with E-state index in [-0.39, 0.29) is 35.6 Å². The van der Waals surface area contributed by atoms with E-state index in [0.29, 0.717) is 18.2 Å². The quantitative estimate of drug-likeness (QED) is 0.769. The third kappa shape index (κ3) is 3.05. The van der Waals surface area contributed by atoms with Crippen LogP contribution in [0.5, 0.6) is 0 Å². The first-order valence-electron chi connectivity index (χ1n) is 5.55. The largest absolute Gasteiger partial charge is 0.338 e. The Bertz CT molecular complexity index is 316. The molecule has 2 fully saturated rings. The van der Waals surface area contributed by atoms with Gasteiger partial charge in [-0.05, 0) is 25.8 Å². The van der Waals surface area contributed by atoms with Crippen LogP contribution in [0.2, 0.25) is 0 Å². The topological polar surface area (TPSA) is 75.4 Å². The lowest BCUT2D eigenvalue weighted by molar-refractivity contribution is -0.133. The first-order valence-corrected chi connectivity index (χ1v) is 6.54. The zero-order valence-electron chi connectivity index (χ0n) is 9.72. The van der Waals surface area contributed by atoms with Crippen LogP contribution in [0.1, 0.15) is 13.3 Å². The lowest BCUT2D eigenvalue weighted by Gasteiger charge is -2.24. The molecule has 2 saturated heterocycles. The van der Waals surface area contributed by atoms with Crippen LogP contribution in [0.4, 0.5) is 4.79 Å². The van der Waals surface area contributed by atoms with Crippen molar-refractivity contribution in [3.05, 3.63) is 0 Å². The minimum atomic E-state index is -0.337. The lowest BCUT2D eigenvalue weighted by Crippen LogP contribution is -2.47. The highest BCUT2D eigenvalue weighted by molar-refractivity contribution is 8.14. The van der Waals surface area contributed by atoms with E-state index >= 15 is 0 Å². The maximum atomic E-state index is 12.1. The van der Waals surface area contributed by atoms with Crippen molar-refractivity contribution in [2.75, 3.05) is 18.8 Å². The van der Waals surface area contributed by atoms with E-state index < -0.39 is 0 Å². The van der Waals surface area contributed by atoms with Crippen molar-refractivity contribution in [2.24, 2.45) is 11.7 Å². The molecule has 2 rings (SSSR count). The summed E-state index contributed by atoms with van der Waals surface area (Å²) >= 11 is 1.18. The lowest BCUT2D eigenvalue weighted by atomic mass is 10.1. The molecule has 0 saturated carbocycles. The smallest absolute Gasteiger partial charge is 0.279 e. The van der Waals surface area contributed by atoms with Crippen LogP contribution in [-0.2, 0) is 4.79 Å². The Hall–Kier alpha value is -0.460. The van der Waals surface area contributed by atoms with Gasteiger partial charge in [-0.1, -0.05) is 11.8 Å². The van der Waals surface area contributed by atoms with E-state index in [1.807, 2.05) is 11.8 Å². The van der Waals surface area contributed by atoms with Crippen molar-refractivity contribution in [2.45, 2.75) is 25.4 Å². The highest BCUT2D eigenvalue weighted by Gasteiger charge is 2.37. The number of hydrogen-bond donors (Lipinski definition) is 2. The molecule has 7 heteroatoms. The molecule has 98 valence electrons. The number of thioether (sulfide) groups is 1. The zero-order chi connectivity index (χ0) is 11.7. The zero-order valence-corrected chi connectivity index (χ0v) is 11.4. The molecule has 2 aliphatic rings. The Morgan fingerprint density at radius 1 is 1.65 bits per heavy atom. The molecule has 0 aromatic carbocycles. The second-order valence-corrected chi connectivity index (χ2v) is 5.47. The molecule has 3 N–H and O–H groups in total. The molecule has 2 aliphatic heterocycles. The molecule has 2 unspecified atom stereocenters. The van der Waals surface area contributed by atoms with E-state index in [1.54, 1.807) is 0 Å². The van der Waals surface area contributed by atoms with E-state index in [2.05, 4.69) is 5.32 Å². The summed E-state index contributed by atoms with van der Waals surface area (Å²) in [7, 11) is 0. The Kier molecular flexibility index (Phi) is 5.09. The first-order chi connectivity index (χ1) is 7.61. The van der Waals surface area contributed by atoms with E-state index in [1.165, 1.54) is 11.8 Å². The van der Waals surface area contributed by atoms with Gasteiger partial charge in [-0.2, -0.15) is 0 Å². The van der Waals surface area contributed by atoms with Gasteiger partial charge in [0.1, 0.15) is 6.04 Å². The van der Waals surface area contributed by atoms with Gasteiger partial charge in [0.25, 0.3) is 5.24 Å². The van der Waals surface area contributed by atoms with Gasteiger partial charge in [-0.15, -0.1) is 12.4 Å². The summed E-state index contributed by atoms with van der Waals surface area (Å²) in [5.74, 6) is 0.999. The maximum absolute atomic E-state index is 12.1. The molecule has 3 atom stereocenters. The average molecular weight is 280 g/mol. The van der Waals surface area contributed by atoms with Gasteiger partial charge in [-0.3, -0.25) is 9.59 Å². The summed E-state index contributed by atoms with van der Waals surface area (Å²) in [6, 6.07) is -0.0972. The Labute approximate surface area is 111 Å². The summed E-state index contributed by atoms with van der Waals surface area (Å²) in [4.78, 5) is 25.0. The number of nitrogens with zero attached hydrogens (tertiary/aromatic N) is 1. The number of carbonyl (C=O) groups is 2. The van der Waals surface area contributed by atoms with Crippen LogP contribution in [0.15, 0.2) is 0 Å². The molecular weight excluding hydrogens is 262 g/mol. The SMILES string of the molecule is CC1CC(CN)CN1C(=O)[C@@H]1CSC(=O)N1.Cl. The molecule has 0 radical (unpaired) electrons. The number of nitrogens with two attached hydrogens (primary N) is 1. The van der Waals surface area contributed by atoms with Gasteiger partial charge < -0.3 is 16.0 Å². The summed E-state index contributed by atoms with van der Waals surface area (Å²) < 4.78 is 0. The van der Waals surface area contributed by atoms with Gasteiger partial charge in [0.2, 0.25) is 5.91 Å².